The molecule has 2 aromatic carbocycles. The summed E-state index contributed by atoms with van der Waals surface area (Å²) >= 11 is 0. The molecule has 2 rings (SSSR count). The third kappa shape index (κ3) is 5.33. The molecule has 0 radical (unpaired) electrons. The van der Waals surface area contributed by atoms with Crippen LogP contribution in [0.4, 0.5) is 5.69 Å². The molecular formula is C19H24N2O2. The first-order valence-electron chi connectivity index (χ1n) is 8.00. The van der Waals surface area contributed by atoms with Crippen LogP contribution in [0.15, 0.2) is 54.6 Å². The van der Waals surface area contributed by atoms with Crippen molar-refractivity contribution in [3.8, 4) is 5.75 Å². The number of carbonyl (C=O) groups excluding carboxylic acids is 1. The molecule has 1 amide bonds. The topological polar surface area (TPSA) is 50.4 Å². The standard InChI is InChI=1S/C19H24N2O2/c1-3-23-18-12-8-7-11-17(18)20-14-13-19(22)21-15(2)16-9-5-4-6-10-16/h4-12,15,20H,3,13-14H2,1-2H3,(H,21,22). The van der Waals surface area contributed by atoms with E-state index in [1.54, 1.807) is 0 Å². The van der Waals surface area contributed by atoms with Crippen LogP contribution in [0.25, 0.3) is 0 Å². The lowest BCUT2D eigenvalue weighted by atomic mass is 10.1. The van der Waals surface area contributed by atoms with Gasteiger partial charge >= 0.3 is 0 Å². The van der Waals surface area contributed by atoms with Crippen molar-refractivity contribution in [1.29, 1.82) is 0 Å². The summed E-state index contributed by atoms with van der Waals surface area (Å²) < 4.78 is 5.55. The number of nitrogens with one attached hydrogen (secondary N) is 2. The smallest absolute Gasteiger partial charge is 0.222 e. The van der Waals surface area contributed by atoms with Crippen molar-refractivity contribution in [3.63, 3.8) is 0 Å². The highest BCUT2D eigenvalue weighted by atomic mass is 16.5. The van der Waals surface area contributed by atoms with E-state index in [4.69, 9.17) is 4.74 Å². The van der Waals surface area contributed by atoms with Gasteiger partial charge in [-0.05, 0) is 31.5 Å². The summed E-state index contributed by atoms with van der Waals surface area (Å²) in [7, 11) is 0. The number of anilines is 1. The molecule has 0 fully saturated rings. The Balaban J connectivity index is 1.79. The quantitative estimate of drug-likeness (QED) is 0.780. The third-order valence-electron chi connectivity index (χ3n) is 3.53. The number of ether oxygens (including phenoxy) is 1. The van der Waals surface area contributed by atoms with Crippen molar-refractivity contribution < 1.29 is 9.53 Å². The Morgan fingerprint density at radius 2 is 1.78 bits per heavy atom. The van der Waals surface area contributed by atoms with Crippen LogP contribution in [0.1, 0.15) is 31.9 Å². The monoisotopic (exact) mass is 312 g/mol. The van der Waals surface area contributed by atoms with E-state index in [1.165, 1.54) is 0 Å². The minimum Gasteiger partial charge on any atom is -0.492 e. The molecule has 1 atom stereocenters. The first-order chi connectivity index (χ1) is 11.2. The summed E-state index contributed by atoms with van der Waals surface area (Å²) in [6.07, 6.45) is 0.414. The van der Waals surface area contributed by atoms with E-state index < -0.39 is 0 Å². The van der Waals surface area contributed by atoms with Crippen LogP contribution in [0.3, 0.4) is 0 Å². The second-order valence-electron chi connectivity index (χ2n) is 5.31. The van der Waals surface area contributed by atoms with Crippen molar-refractivity contribution in [2.24, 2.45) is 0 Å². The van der Waals surface area contributed by atoms with Gasteiger partial charge in [-0.15, -0.1) is 0 Å². The maximum absolute atomic E-state index is 12.0. The Labute approximate surface area is 137 Å². The van der Waals surface area contributed by atoms with E-state index in [2.05, 4.69) is 10.6 Å². The van der Waals surface area contributed by atoms with Gasteiger partial charge in [-0.3, -0.25) is 4.79 Å². The highest BCUT2D eigenvalue weighted by Gasteiger charge is 2.09. The Bertz CT molecular complexity index is 614. The molecule has 4 nitrogen and oxygen atoms in total. The van der Waals surface area contributed by atoms with Crippen molar-refractivity contribution >= 4 is 11.6 Å². The van der Waals surface area contributed by atoms with E-state index >= 15 is 0 Å². The van der Waals surface area contributed by atoms with Gasteiger partial charge in [-0.25, -0.2) is 0 Å². The largest absolute Gasteiger partial charge is 0.492 e. The third-order valence-corrected chi connectivity index (χ3v) is 3.53. The van der Waals surface area contributed by atoms with E-state index in [-0.39, 0.29) is 11.9 Å². The Kier molecular flexibility index (Phi) is 6.48. The van der Waals surface area contributed by atoms with Gasteiger partial charge in [-0.1, -0.05) is 42.5 Å². The molecule has 0 bridgehead atoms. The summed E-state index contributed by atoms with van der Waals surface area (Å²) in [5, 5.41) is 6.27. The highest BCUT2D eigenvalue weighted by Crippen LogP contribution is 2.23. The van der Waals surface area contributed by atoms with Gasteiger partial charge in [0.25, 0.3) is 0 Å². The fourth-order valence-corrected chi connectivity index (χ4v) is 2.34. The molecule has 122 valence electrons. The zero-order valence-electron chi connectivity index (χ0n) is 13.7. The fraction of sp³-hybridized carbons (Fsp3) is 0.316. The Hall–Kier alpha value is -2.49. The average molecular weight is 312 g/mol. The first kappa shape index (κ1) is 16.9. The summed E-state index contributed by atoms with van der Waals surface area (Å²) in [6.45, 7) is 5.13. The summed E-state index contributed by atoms with van der Waals surface area (Å²) in [4.78, 5) is 12.0. The molecular weight excluding hydrogens is 288 g/mol. The molecule has 0 saturated heterocycles. The van der Waals surface area contributed by atoms with E-state index in [1.807, 2.05) is 68.4 Å². The second kappa shape index (κ2) is 8.83. The molecule has 2 N–H and O–H groups in total. The zero-order chi connectivity index (χ0) is 16.5. The minimum absolute atomic E-state index is 0.0133. The molecule has 1 unspecified atom stereocenters. The van der Waals surface area contributed by atoms with E-state index in [9.17, 15) is 4.79 Å². The van der Waals surface area contributed by atoms with Gasteiger partial charge in [0.15, 0.2) is 0 Å². The fourth-order valence-electron chi connectivity index (χ4n) is 2.34. The summed E-state index contributed by atoms with van der Waals surface area (Å²) in [6, 6.07) is 17.7. The number of para-hydroxylation sites is 2. The average Bonchev–Trinajstić information content (AvgIpc) is 2.57. The second-order valence-corrected chi connectivity index (χ2v) is 5.31. The summed E-state index contributed by atoms with van der Waals surface area (Å²) in [5.41, 5.74) is 2.02. The molecule has 0 aliphatic carbocycles. The SMILES string of the molecule is CCOc1ccccc1NCCC(=O)NC(C)c1ccccc1. The number of benzene rings is 2. The van der Waals surface area contributed by atoms with Crippen LogP contribution < -0.4 is 15.4 Å². The molecule has 23 heavy (non-hydrogen) atoms. The number of hydrogen-bond acceptors (Lipinski definition) is 3. The van der Waals surface area contributed by atoms with Crippen LogP contribution in [0.2, 0.25) is 0 Å². The van der Waals surface area contributed by atoms with Crippen LogP contribution in [0, 0.1) is 0 Å². The van der Waals surface area contributed by atoms with Crippen LogP contribution in [0.5, 0.6) is 5.75 Å². The highest BCUT2D eigenvalue weighted by molar-refractivity contribution is 5.77. The molecule has 0 heterocycles. The van der Waals surface area contributed by atoms with Crippen LogP contribution in [-0.2, 0) is 4.79 Å². The van der Waals surface area contributed by atoms with Crippen LogP contribution in [-0.4, -0.2) is 19.1 Å². The van der Waals surface area contributed by atoms with Crippen LogP contribution >= 0.6 is 0 Å². The van der Waals surface area contributed by atoms with Gasteiger partial charge in [0.05, 0.1) is 18.3 Å². The lowest BCUT2D eigenvalue weighted by molar-refractivity contribution is -0.121. The van der Waals surface area contributed by atoms with Crippen molar-refractivity contribution in [2.45, 2.75) is 26.3 Å². The Morgan fingerprint density at radius 1 is 1.09 bits per heavy atom. The molecule has 0 aliphatic rings. The molecule has 0 aromatic heterocycles. The minimum atomic E-state index is 0.0133. The molecule has 2 aromatic rings. The number of rotatable bonds is 8. The van der Waals surface area contributed by atoms with Gasteiger partial charge in [-0.2, -0.15) is 0 Å². The van der Waals surface area contributed by atoms with Crippen molar-refractivity contribution in [3.05, 3.63) is 60.2 Å². The molecule has 0 saturated carbocycles. The predicted molar refractivity (Wildman–Crippen MR) is 93.7 cm³/mol. The van der Waals surface area contributed by atoms with E-state index in [0.29, 0.717) is 19.6 Å². The molecule has 4 heteroatoms. The summed E-state index contributed by atoms with van der Waals surface area (Å²) in [5.74, 6) is 0.843. The molecule has 0 spiro atoms. The lowest BCUT2D eigenvalue weighted by Crippen LogP contribution is -2.28. The van der Waals surface area contributed by atoms with E-state index in [0.717, 1.165) is 17.0 Å². The number of amides is 1. The lowest BCUT2D eigenvalue weighted by Gasteiger charge is -2.15. The maximum atomic E-state index is 12.0. The zero-order valence-corrected chi connectivity index (χ0v) is 13.7. The number of carbonyl (C=O) groups is 1. The van der Waals surface area contributed by atoms with Gasteiger partial charge in [0.1, 0.15) is 5.75 Å². The molecule has 0 aliphatic heterocycles. The predicted octanol–water partition coefficient (Wildman–Crippen LogP) is 3.76. The van der Waals surface area contributed by atoms with Gasteiger partial charge in [0.2, 0.25) is 5.91 Å². The van der Waals surface area contributed by atoms with Gasteiger partial charge in [0, 0.05) is 13.0 Å². The maximum Gasteiger partial charge on any atom is 0.222 e. The number of hydrogen-bond donors (Lipinski definition) is 2. The van der Waals surface area contributed by atoms with Crippen molar-refractivity contribution in [2.75, 3.05) is 18.5 Å². The normalized spacial score (nSPS) is 11.6. The first-order valence-corrected chi connectivity index (χ1v) is 8.00. The van der Waals surface area contributed by atoms with Gasteiger partial charge < -0.3 is 15.4 Å². The van der Waals surface area contributed by atoms with Crippen molar-refractivity contribution in [1.82, 2.24) is 5.32 Å². The Morgan fingerprint density at radius 3 is 2.52 bits per heavy atom.